The number of nitrogens with zero attached hydrogens (tertiary/aromatic N) is 3. The van der Waals surface area contributed by atoms with Crippen molar-refractivity contribution in [1.82, 2.24) is 20.4 Å². The van der Waals surface area contributed by atoms with E-state index >= 15 is 0 Å². The highest BCUT2D eigenvalue weighted by Gasteiger charge is 2.24. The van der Waals surface area contributed by atoms with Gasteiger partial charge >= 0.3 is 0 Å². The number of ether oxygens (including phenoxy) is 1. The number of methoxy groups -OCH3 is 1. The van der Waals surface area contributed by atoms with E-state index in [9.17, 15) is 0 Å². The molecule has 1 saturated carbocycles. The molecule has 2 aromatic rings. The second-order valence-corrected chi connectivity index (χ2v) is 7.79. The van der Waals surface area contributed by atoms with Gasteiger partial charge in [0.1, 0.15) is 5.75 Å². The predicted molar refractivity (Wildman–Crippen MR) is 128 cm³/mol. The van der Waals surface area contributed by atoms with Crippen LogP contribution in [-0.4, -0.2) is 46.9 Å². The summed E-state index contributed by atoms with van der Waals surface area (Å²) in [4.78, 5) is 4.72. The number of hydrogen-bond acceptors (Lipinski definition) is 4. The van der Waals surface area contributed by atoms with Gasteiger partial charge in [0, 0.05) is 24.0 Å². The molecule has 1 aliphatic carbocycles. The van der Waals surface area contributed by atoms with Crippen LogP contribution in [0, 0.1) is 0 Å². The Morgan fingerprint density at radius 1 is 1.29 bits per heavy atom. The highest BCUT2D eigenvalue weighted by atomic mass is 127. The van der Waals surface area contributed by atoms with E-state index in [1.54, 1.807) is 7.11 Å². The van der Waals surface area contributed by atoms with Gasteiger partial charge in [-0.1, -0.05) is 0 Å². The van der Waals surface area contributed by atoms with Gasteiger partial charge in [-0.25, -0.2) is 9.67 Å². The second kappa shape index (κ2) is 11.5. The number of hydrogen-bond donors (Lipinski definition) is 2. The summed E-state index contributed by atoms with van der Waals surface area (Å²) in [5.41, 5.74) is 1.95. The normalized spacial score (nSPS) is 19.2. The Hall–Kier alpha value is -1.42. The van der Waals surface area contributed by atoms with Crippen LogP contribution in [0.15, 0.2) is 41.5 Å². The smallest absolute Gasteiger partial charge is 0.191 e. The Morgan fingerprint density at radius 2 is 2.07 bits per heavy atom. The number of guanidine groups is 1. The van der Waals surface area contributed by atoms with Crippen LogP contribution in [-0.2, 0) is 6.54 Å². The number of nitrogens with one attached hydrogen (secondary N) is 2. The van der Waals surface area contributed by atoms with Crippen molar-refractivity contribution in [2.24, 2.45) is 4.99 Å². The molecule has 0 bridgehead atoms. The van der Waals surface area contributed by atoms with E-state index in [-0.39, 0.29) is 24.0 Å². The Bertz CT molecular complexity index is 749. The van der Waals surface area contributed by atoms with E-state index in [1.165, 1.54) is 19.3 Å². The van der Waals surface area contributed by atoms with E-state index in [0.717, 1.165) is 34.9 Å². The van der Waals surface area contributed by atoms with Crippen molar-refractivity contribution in [2.75, 3.05) is 19.9 Å². The third kappa shape index (κ3) is 6.30. The molecule has 1 aliphatic rings. The first-order valence-electron chi connectivity index (χ1n) is 9.48. The van der Waals surface area contributed by atoms with Crippen LogP contribution < -0.4 is 15.4 Å². The molecule has 1 fully saturated rings. The molecule has 0 aliphatic heterocycles. The van der Waals surface area contributed by atoms with Crippen LogP contribution in [0.25, 0.3) is 5.69 Å². The number of aliphatic imine (C=N–C) groups is 1. The van der Waals surface area contributed by atoms with Gasteiger partial charge in [0.05, 0.1) is 25.0 Å². The molecule has 0 spiro atoms. The first-order valence-corrected chi connectivity index (χ1v) is 10.8. The third-order valence-electron chi connectivity index (χ3n) is 4.78. The summed E-state index contributed by atoms with van der Waals surface area (Å²) in [5, 5.41) is 12.3. The number of rotatable bonds is 7. The van der Waals surface area contributed by atoms with Gasteiger partial charge in [-0.15, -0.1) is 24.0 Å². The van der Waals surface area contributed by atoms with Gasteiger partial charge in [0.15, 0.2) is 5.96 Å². The minimum Gasteiger partial charge on any atom is -0.497 e. The van der Waals surface area contributed by atoms with E-state index in [2.05, 4.69) is 28.9 Å². The number of aromatic nitrogens is 2. The molecule has 6 nitrogen and oxygen atoms in total. The molecule has 28 heavy (non-hydrogen) atoms. The van der Waals surface area contributed by atoms with Gasteiger partial charge < -0.3 is 15.4 Å². The second-order valence-electron chi connectivity index (χ2n) is 6.66. The lowest BCUT2D eigenvalue weighted by Crippen LogP contribution is -2.42. The topological polar surface area (TPSA) is 63.5 Å². The van der Waals surface area contributed by atoms with Crippen LogP contribution in [0.5, 0.6) is 5.75 Å². The van der Waals surface area contributed by atoms with E-state index in [1.807, 2.05) is 53.0 Å². The molecule has 1 heterocycles. The molecule has 1 aromatic carbocycles. The van der Waals surface area contributed by atoms with Gasteiger partial charge in [0.2, 0.25) is 0 Å². The van der Waals surface area contributed by atoms with Crippen LogP contribution in [0.3, 0.4) is 0 Å². The van der Waals surface area contributed by atoms with Gasteiger partial charge in [-0.3, -0.25) is 0 Å². The Morgan fingerprint density at radius 3 is 2.71 bits per heavy atom. The van der Waals surface area contributed by atoms with Crippen LogP contribution in [0.1, 0.15) is 31.9 Å². The molecule has 154 valence electrons. The molecule has 3 rings (SSSR count). The lowest BCUT2D eigenvalue weighted by Gasteiger charge is -2.17. The maximum Gasteiger partial charge on any atom is 0.191 e. The van der Waals surface area contributed by atoms with Crippen molar-refractivity contribution < 1.29 is 4.74 Å². The molecule has 1 aromatic heterocycles. The van der Waals surface area contributed by atoms with Crippen molar-refractivity contribution in [1.29, 1.82) is 0 Å². The maximum atomic E-state index is 5.20. The summed E-state index contributed by atoms with van der Waals surface area (Å²) in [6, 6.07) is 10.4. The van der Waals surface area contributed by atoms with Gasteiger partial charge in [-0.05, 0) is 62.8 Å². The molecular formula is C20H30IN5OS. The Labute approximate surface area is 188 Å². The standard InChI is InChI=1S/C20H29N5OS.HI/c1-4-21-20(23-15-5-10-19(13-15)27-3)22-14-16-11-12-25(24-16)17-6-8-18(26-2)9-7-17;/h6-9,11-12,15,19H,4-5,10,13-14H2,1-3H3,(H2,21,22,23);1H. The van der Waals surface area contributed by atoms with E-state index < -0.39 is 0 Å². The van der Waals surface area contributed by atoms with Crippen LogP contribution in [0.2, 0.25) is 0 Å². The van der Waals surface area contributed by atoms with Crippen molar-refractivity contribution in [3.05, 3.63) is 42.2 Å². The summed E-state index contributed by atoms with van der Waals surface area (Å²) in [6.07, 6.45) is 7.86. The number of thioether (sulfide) groups is 1. The minimum atomic E-state index is 0. The average molecular weight is 515 g/mol. The predicted octanol–water partition coefficient (Wildman–Crippen LogP) is 3.84. The van der Waals surface area contributed by atoms with Crippen molar-refractivity contribution in [3.8, 4) is 11.4 Å². The maximum absolute atomic E-state index is 5.20. The first-order chi connectivity index (χ1) is 13.2. The fourth-order valence-electron chi connectivity index (χ4n) is 3.28. The summed E-state index contributed by atoms with van der Waals surface area (Å²) >= 11 is 1.97. The summed E-state index contributed by atoms with van der Waals surface area (Å²) in [5.74, 6) is 1.72. The number of halogens is 1. The minimum absolute atomic E-state index is 0. The van der Waals surface area contributed by atoms with Gasteiger partial charge in [-0.2, -0.15) is 16.9 Å². The average Bonchev–Trinajstić information content (AvgIpc) is 3.36. The highest BCUT2D eigenvalue weighted by molar-refractivity contribution is 14.0. The fourth-order valence-corrected chi connectivity index (χ4v) is 4.08. The largest absolute Gasteiger partial charge is 0.497 e. The molecule has 0 radical (unpaired) electrons. The van der Waals surface area contributed by atoms with Crippen LogP contribution in [0.4, 0.5) is 0 Å². The molecule has 0 saturated heterocycles. The fraction of sp³-hybridized carbons (Fsp3) is 0.500. The van der Waals surface area contributed by atoms with E-state index in [4.69, 9.17) is 9.73 Å². The lowest BCUT2D eigenvalue weighted by atomic mass is 10.2. The molecule has 2 atom stereocenters. The molecule has 2 N–H and O–H groups in total. The quantitative estimate of drug-likeness (QED) is 0.334. The highest BCUT2D eigenvalue weighted by Crippen LogP contribution is 2.28. The number of benzene rings is 1. The lowest BCUT2D eigenvalue weighted by molar-refractivity contribution is 0.414. The zero-order valence-electron chi connectivity index (χ0n) is 16.7. The zero-order valence-corrected chi connectivity index (χ0v) is 19.9. The molecular weight excluding hydrogens is 485 g/mol. The van der Waals surface area contributed by atoms with Crippen LogP contribution >= 0.6 is 35.7 Å². The molecule has 8 heteroatoms. The summed E-state index contributed by atoms with van der Waals surface area (Å²) < 4.78 is 7.07. The monoisotopic (exact) mass is 515 g/mol. The van der Waals surface area contributed by atoms with Gasteiger partial charge in [0.25, 0.3) is 0 Å². The summed E-state index contributed by atoms with van der Waals surface area (Å²) in [7, 11) is 1.67. The van der Waals surface area contributed by atoms with E-state index in [0.29, 0.717) is 12.6 Å². The third-order valence-corrected chi connectivity index (χ3v) is 5.88. The Kier molecular flexibility index (Phi) is 9.43. The molecule has 2 unspecified atom stereocenters. The van der Waals surface area contributed by atoms with Crippen molar-refractivity contribution >= 4 is 41.7 Å². The molecule has 0 amide bonds. The van der Waals surface area contributed by atoms with Crippen molar-refractivity contribution in [2.45, 2.75) is 44.0 Å². The Balaban J connectivity index is 0.00000280. The van der Waals surface area contributed by atoms with Crippen molar-refractivity contribution in [3.63, 3.8) is 0 Å². The first kappa shape index (κ1) is 22.9. The summed E-state index contributed by atoms with van der Waals surface area (Å²) in [6.45, 7) is 3.50. The SMILES string of the molecule is CCNC(=NCc1ccn(-c2ccc(OC)cc2)n1)NC1CCC(SC)C1.I. The zero-order chi connectivity index (χ0) is 19.1.